The van der Waals surface area contributed by atoms with Crippen molar-refractivity contribution in [2.45, 2.75) is 65.6 Å². The number of nitriles is 1. The molecular weight excluding hydrogens is 346 g/mol. The lowest BCUT2D eigenvalue weighted by molar-refractivity contribution is 0.114. The third-order valence-electron chi connectivity index (χ3n) is 5.70. The maximum absolute atomic E-state index is 9.19. The maximum atomic E-state index is 9.19. The van der Waals surface area contributed by atoms with E-state index in [4.69, 9.17) is 9.97 Å². The smallest absolute Gasteiger partial charge is 0.179 e. The van der Waals surface area contributed by atoms with Crippen molar-refractivity contribution in [1.29, 1.82) is 5.26 Å². The third kappa shape index (κ3) is 4.88. The first-order valence-electron chi connectivity index (χ1n) is 10.2. The van der Waals surface area contributed by atoms with Gasteiger partial charge >= 0.3 is 0 Å². The fraction of sp³-hybridized carbons (Fsp3) is 0.522. The predicted molar refractivity (Wildman–Crippen MR) is 111 cm³/mol. The number of pyridine rings is 2. The van der Waals surface area contributed by atoms with Gasteiger partial charge in [-0.3, -0.25) is 14.9 Å². The molecule has 3 rings (SSSR count). The average Bonchev–Trinajstić information content (AvgIpc) is 2.69. The van der Waals surface area contributed by atoms with Gasteiger partial charge in [-0.15, -0.1) is 0 Å². The second-order valence-corrected chi connectivity index (χ2v) is 8.19. The average molecular weight is 378 g/mol. The zero-order valence-corrected chi connectivity index (χ0v) is 17.5. The van der Waals surface area contributed by atoms with Gasteiger partial charge in [0.2, 0.25) is 0 Å². The summed E-state index contributed by atoms with van der Waals surface area (Å²) in [5, 5.41) is 9.19. The van der Waals surface area contributed by atoms with Crippen LogP contribution >= 0.6 is 0 Å². The highest BCUT2D eigenvalue weighted by molar-refractivity contribution is 5.25. The molecule has 148 valence electrons. The summed E-state index contributed by atoms with van der Waals surface area (Å²) in [6.45, 7) is 12.0. The van der Waals surface area contributed by atoms with Gasteiger partial charge < -0.3 is 4.90 Å². The lowest BCUT2D eigenvalue weighted by Gasteiger charge is -2.37. The molecule has 0 amide bonds. The van der Waals surface area contributed by atoms with Crippen molar-refractivity contribution in [1.82, 2.24) is 19.8 Å². The maximum Gasteiger partial charge on any atom is 0.179 e. The fourth-order valence-corrected chi connectivity index (χ4v) is 4.05. The normalized spacial score (nSPS) is 15.2. The number of rotatable bonds is 6. The molecule has 0 aliphatic carbocycles. The summed E-state index contributed by atoms with van der Waals surface area (Å²) >= 11 is 0. The van der Waals surface area contributed by atoms with Gasteiger partial charge in [0.05, 0.1) is 11.4 Å². The van der Waals surface area contributed by atoms with Crippen LogP contribution in [-0.4, -0.2) is 38.9 Å². The van der Waals surface area contributed by atoms with Crippen molar-refractivity contribution in [3.05, 3.63) is 58.7 Å². The van der Waals surface area contributed by atoms with E-state index in [0.29, 0.717) is 12.0 Å². The molecule has 0 aromatic carbocycles. The molecule has 1 saturated heterocycles. The molecule has 1 aliphatic heterocycles. The molecule has 5 heteroatoms. The third-order valence-corrected chi connectivity index (χ3v) is 5.70. The molecule has 3 heterocycles. The number of aryl methyl sites for hydroxylation is 2. The van der Waals surface area contributed by atoms with Crippen LogP contribution in [0.1, 0.15) is 60.7 Å². The standard InChI is InChI=1S/C23H31N5/c1-17(2)21-6-5-9-25-23(21)15-28(20-7-10-27(16-24)11-8-20)14-22-19(4)12-18(3)13-26-22/h5-6,9,12-13,17,20H,7-8,10-11,14-15H2,1-4H3. The Morgan fingerprint density at radius 3 is 2.54 bits per heavy atom. The van der Waals surface area contributed by atoms with Gasteiger partial charge in [0.25, 0.3) is 0 Å². The van der Waals surface area contributed by atoms with Crippen LogP contribution in [0.5, 0.6) is 0 Å². The van der Waals surface area contributed by atoms with Crippen LogP contribution in [0.2, 0.25) is 0 Å². The van der Waals surface area contributed by atoms with E-state index in [1.807, 2.05) is 23.4 Å². The van der Waals surface area contributed by atoms with E-state index in [-0.39, 0.29) is 0 Å². The first kappa shape index (κ1) is 20.3. The van der Waals surface area contributed by atoms with Gasteiger partial charge in [0, 0.05) is 44.6 Å². The summed E-state index contributed by atoms with van der Waals surface area (Å²) in [4.78, 5) is 13.8. The summed E-state index contributed by atoms with van der Waals surface area (Å²) in [5.41, 5.74) is 6.04. The van der Waals surface area contributed by atoms with Gasteiger partial charge in [-0.05, 0) is 55.4 Å². The molecule has 1 aliphatic rings. The molecular formula is C23H31N5. The van der Waals surface area contributed by atoms with E-state index < -0.39 is 0 Å². The number of hydrogen-bond acceptors (Lipinski definition) is 5. The van der Waals surface area contributed by atoms with Crippen LogP contribution in [0.3, 0.4) is 0 Å². The molecule has 0 spiro atoms. The van der Waals surface area contributed by atoms with Crippen molar-refractivity contribution in [3.8, 4) is 6.19 Å². The SMILES string of the molecule is Cc1cnc(CN(Cc2ncccc2C(C)C)C2CCN(C#N)CC2)c(C)c1. The second-order valence-electron chi connectivity index (χ2n) is 8.19. The Hall–Kier alpha value is -2.45. The Bertz CT molecular complexity index is 831. The van der Waals surface area contributed by atoms with Crippen molar-refractivity contribution in [2.75, 3.05) is 13.1 Å². The predicted octanol–water partition coefficient (Wildman–Crippen LogP) is 4.16. The molecule has 0 saturated carbocycles. The molecule has 0 bridgehead atoms. The van der Waals surface area contributed by atoms with Gasteiger partial charge in [0.15, 0.2) is 6.19 Å². The summed E-state index contributed by atoms with van der Waals surface area (Å²) < 4.78 is 0. The largest absolute Gasteiger partial charge is 0.311 e. The van der Waals surface area contributed by atoms with E-state index >= 15 is 0 Å². The summed E-state index contributed by atoms with van der Waals surface area (Å²) in [7, 11) is 0. The molecule has 0 N–H and O–H groups in total. The van der Waals surface area contributed by atoms with Crippen LogP contribution in [0.25, 0.3) is 0 Å². The number of aromatic nitrogens is 2. The monoisotopic (exact) mass is 377 g/mol. The van der Waals surface area contributed by atoms with Gasteiger partial charge in [-0.25, -0.2) is 0 Å². The first-order valence-corrected chi connectivity index (χ1v) is 10.2. The zero-order valence-electron chi connectivity index (χ0n) is 17.5. The quantitative estimate of drug-likeness (QED) is 0.707. The Labute approximate surface area is 169 Å². The van der Waals surface area contributed by atoms with Crippen LogP contribution in [0.4, 0.5) is 0 Å². The molecule has 0 radical (unpaired) electrons. The van der Waals surface area contributed by atoms with Crippen LogP contribution in [0.15, 0.2) is 30.6 Å². The highest BCUT2D eigenvalue weighted by Gasteiger charge is 2.26. The Balaban J connectivity index is 1.85. The van der Waals surface area contributed by atoms with E-state index in [2.05, 4.69) is 50.9 Å². The lowest BCUT2D eigenvalue weighted by atomic mass is 9.98. The minimum absolute atomic E-state index is 0.439. The summed E-state index contributed by atoms with van der Waals surface area (Å²) in [6.07, 6.45) is 8.15. The van der Waals surface area contributed by atoms with Crippen molar-refractivity contribution in [3.63, 3.8) is 0 Å². The van der Waals surface area contributed by atoms with Crippen LogP contribution < -0.4 is 0 Å². The zero-order chi connectivity index (χ0) is 20.1. The molecule has 2 aromatic heterocycles. The second kappa shape index (κ2) is 9.16. The van der Waals surface area contributed by atoms with E-state index in [9.17, 15) is 5.26 Å². The van der Waals surface area contributed by atoms with Crippen LogP contribution in [0, 0.1) is 25.3 Å². The number of hydrogen-bond donors (Lipinski definition) is 0. The van der Waals surface area contributed by atoms with Crippen molar-refractivity contribution < 1.29 is 0 Å². The molecule has 0 atom stereocenters. The molecule has 2 aromatic rings. The highest BCUT2D eigenvalue weighted by atomic mass is 15.2. The van der Waals surface area contributed by atoms with Crippen molar-refractivity contribution in [2.24, 2.45) is 0 Å². The molecule has 5 nitrogen and oxygen atoms in total. The summed E-state index contributed by atoms with van der Waals surface area (Å²) in [6, 6.07) is 6.87. The van der Waals surface area contributed by atoms with E-state index in [1.54, 1.807) is 0 Å². The van der Waals surface area contributed by atoms with E-state index in [0.717, 1.165) is 50.4 Å². The topological polar surface area (TPSA) is 56.1 Å². The minimum atomic E-state index is 0.439. The lowest BCUT2D eigenvalue weighted by Crippen LogP contribution is -2.43. The van der Waals surface area contributed by atoms with Gasteiger partial charge in [-0.1, -0.05) is 26.0 Å². The first-order chi connectivity index (χ1) is 13.5. The fourth-order valence-electron chi connectivity index (χ4n) is 4.05. The van der Waals surface area contributed by atoms with Gasteiger partial charge in [0.1, 0.15) is 0 Å². The molecule has 1 fully saturated rings. The number of likely N-dealkylation sites (tertiary alicyclic amines) is 1. The number of piperidine rings is 1. The van der Waals surface area contributed by atoms with Crippen molar-refractivity contribution >= 4 is 0 Å². The van der Waals surface area contributed by atoms with Crippen LogP contribution in [-0.2, 0) is 13.1 Å². The Morgan fingerprint density at radius 1 is 1.18 bits per heavy atom. The number of nitrogens with zero attached hydrogens (tertiary/aromatic N) is 5. The summed E-state index contributed by atoms with van der Waals surface area (Å²) in [5.74, 6) is 0.449. The van der Waals surface area contributed by atoms with Gasteiger partial charge in [-0.2, -0.15) is 5.26 Å². The Kier molecular flexibility index (Phi) is 6.64. The highest BCUT2D eigenvalue weighted by Crippen LogP contribution is 2.25. The Morgan fingerprint density at radius 2 is 1.89 bits per heavy atom. The molecule has 0 unspecified atom stereocenters. The van der Waals surface area contributed by atoms with E-state index in [1.165, 1.54) is 16.7 Å². The minimum Gasteiger partial charge on any atom is -0.311 e. The molecule has 28 heavy (non-hydrogen) atoms.